The zero-order valence-corrected chi connectivity index (χ0v) is 10.3. The topological polar surface area (TPSA) is 29.5 Å². The molecule has 2 aromatic rings. The van der Waals surface area contributed by atoms with E-state index in [-0.39, 0.29) is 0 Å². The van der Waals surface area contributed by atoms with Gasteiger partial charge in [-0.2, -0.15) is 0 Å². The Morgan fingerprint density at radius 1 is 1.00 bits per heavy atom. The highest BCUT2D eigenvalue weighted by molar-refractivity contribution is 5.92. The predicted molar refractivity (Wildman–Crippen MR) is 74.2 cm³/mol. The van der Waals surface area contributed by atoms with E-state index in [4.69, 9.17) is 4.74 Å². The quantitative estimate of drug-likeness (QED) is 0.772. The van der Waals surface area contributed by atoms with Gasteiger partial charge in [0.25, 0.3) is 0 Å². The Morgan fingerprint density at radius 3 is 2.58 bits per heavy atom. The summed E-state index contributed by atoms with van der Waals surface area (Å²) in [4.78, 5) is 13.7. The molecule has 19 heavy (non-hydrogen) atoms. The molecule has 0 atom stereocenters. The zero-order chi connectivity index (χ0) is 13.1. The molecule has 94 valence electrons. The summed E-state index contributed by atoms with van der Waals surface area (Å²) in [6.45, 7) is 0. The van der Waals surface area contributed by atoms with E-state index in [2.05, 4.69) is 0 Å². The summed E-state index contributed by atoms with van der Waals surface area (Å²) in [6, 6.07) is 16.9. The van der Waals surface area contributed by atoms with Crippen molar-refractivity contribution >= 4 is 11.8 Å². The fourth-order valence-corrected chi connectivity index (χ4v) is 2.08. The number of allylic oxidation sites excluding steroid dienone is 1. The highest BCUT2D eigenvalue weighted by Gasteiger charge is 2.20. The van der Waals surface area contributed by atoms with Crippen molar-refractivity contribution in [3.05, 3.63) is 72.4 Å². The average Bonchev–Trinajstić information content (AvgIpc) is 2.47. The lowest BCUT2D eigenvalue weighted by Crippen LogP contribution is -2.30. The Labute approximate surface area is 111 Å². The number of rotatable bonds is 1. The second-order valence-corrected chi connectivity index (χ2v) is 4.27. The molecule has 3 nitrogen and oxygen atoms in total. The monoisotopic (exact) mass is 251 g/mol. The van der Waals surface area contributed by atoms with Crippen LogP contribution in [0.5, 0.6) is 5.75 Å². The molecule has 1 heterocycles. The van der Waals surface area contributed by atoms with E-state index in [1.54, 1.807) is 18.3 Å². The molecule has 0 N–H and O–H groups in total. The molecule has 1 aliphatic heterocycles. The summed E-state index contributed by atoms with van der Waals surface area (Å²) in [5, 5.41) is 0. The fourth-order valence-electron chi connectivity index (χ4n) is 2.08. The summed E-state index contributed by atoms with van der Waals surface area (Å²) in [7, 11) is 0. The standard InChI is InChI=1S/C16H13NO2/c18-16(19-14-9-2-1-3-10-14)17-12-6-8-13-7-4-5-11-15(13)17/h1-7,9-12H,8H2. The number of hydrogen-bond donors (Lipinski definition) is 0. The molecule has 3 heteroatoms. The van der Waals surface area contributed by atoms with Crippen molar-refractivity contribution in [2.75, 3.05) is 4.90 Å². The third-order valence-corrected chi connectivity index (χ3v) is 2.99. The molecular weight excluding hydrogens is 238 g/mol. The van der Waals surface area contributed by atoms with Crippen LogP contribution in [0.4, 0.5) is 10.5 Å². The lowest BCUT2D eigenvalue weighted by atomic mass is 10.1. The van der Waals surface area contributed by atoms with Gasteiger partial charge >= 0.3 is 6.09 Å². The number of ether oxygens (including phenoxy) is 1. The van der Waals surface area contributed by atoms with Crippen molar-refractivity contribution in [1.29, 1.82) is 0 Å². The minimum atomic E-state index is -0.394. The minimum Gasteiger partial charge on any atom is -0.410 e. The summed E-state index contributed by atoms with van der Waals surface area (Å²) >= 11 is 0. The minimum absolute atomic E-state index is 0.394. The first-order chi connectivity index (χ1) is 9.34. The Bertz CT molecular complexity index is 620. The zero-order valence-electron chi connectivity index (χ0n) is 10.3. The Hall–Kier alpha value is -2.55. The van der Waals surface area contributed by atoms with Gasteiger partial charge in [-0.05, 0) is 30.2 Å². The Morgan fingerprint density at radius 2 is 1.74 bits per heavy atom. The number of carbonyl (C=O) groups is 1. The van der Waals surface area contributed by atoms with Crippen molar-refractivity contribution in [1.82, 2.24) is 0 Å². The van der Waals surface area contributed by atoms with Crippen LogP contribution in [0, 0.1) is 0 Å². The highest BCUT2D eigenvalue weighted by Crippen LogP contribution is 2.26. The van der Waals surface area contributed by atoms with Gasteiger partial charge in [0.1, 0.15) is 5.75 Å². The average molecular weight is 251 g/mol. The van der Waals surface area contributed by atoms with E-state index in [1.165, 1.54) is 4.90 Å². The van der Waals surface area contributed by atoms with Gasteiger partial charge in [0.05, 0.1) is 5.69 Å². The number of hydrogen-bond acceptors (Lipinski definition) is 2. The molecule has 0 fully saturated rings. The van der Waals surface area contributed by atoms with Crippen LogP contribution in [0.2, 0.25) is 0 Å². The van der Waals surface area contributed by atoms with E-state index in [1.807, 2.05) is 48.5 Å². The van der Waals surface area contributed by atoms with Crippen molar-refractivity contribution in [2.45, 2.75) is 6.42 Å². The van der Waals surface area contributed by atoms with E-state index >= 15 is 0 Å². The highest BCUT2D eigenvalue weighted by atomic mass is 16.6. The molecule has 3 rings (SSSR count). The molecule has 1 aliphatic rings. The van der Waals surface area contributed by atoms with E-state index < -0.39 is 6.09 Å². The number of carbonyl (C=O) groups excluding carboxylic acids is 1. The summed E-state index contributed by atoms with van der Waals surface area (Å²) in [5.74, 6) is 0.545. The second kappa shape index (κ2) is 4.98. The molecule has 0 spiro atoms. The molecule has 0 bridgehead atoms. The summed E-state index contributed by atoms with van der Waals surface area (Å²) < 4.78 is 5.35. The van der Waals surface area contributed by atoms with Crippen molar-refractivity contribution < 1.29 is 9.53 Å². The lowest BCUT2D eigenvalue weighted by Gasteiger charge is -2.23. The molecule has 0 aromatic heterocycles. The fraction of sp³-hybridized carbons (Fsp3) is 0.0625. The maximum atomic E-state index is 12.2. The van der Waals surface area contributed by atoms with Gasteiger partial charge < -0.3 is 4.74 Å². The van der Waals surface area contributed by atoms with Gasteiger partial charge in [0, 0.05) is 6.20 Å². The number of anilines is 1. The third kappa shape index (κ3) is 2.36. The molecule has 0 unspecified atom stereocenters. The van der Waals surface area contributed by atoms with Crippen molar-refractivity contribution in [3.8, 4) is 5.75 Å². The first-order valence-electron chi connectivity index (χ1n) is 6.15. The normalized spacial score (nSPS) is 12.9. The molecule has 0 saturated carbocycles. The van der Waals surface area contributed by atoms with Crippen LogP contribution in [0.15, 0.2) is 66.9 Å². The number of nitrogens with zero attached hydrogens (tertiary/aromatic N) is 1. The summed E-state index contributed by atoms with van der Waals surface area (Å²) in [5.41, 5.74) is 2.00. The van der Waals surface area contributed by atoms with E-state index in [9.17, 15) is 4.79 Å². The number of fused-ring (bicyclic) bond motifs is 1. The maximum Gasteiger partial charge on any atom is 0.423 e. The van der Waals surface area contributed by atoms with Crippen LogP contribution >= 0.6 is 0 Å². The largest absolute Gasteiger partial charge is 0.423 e. The third-order valence-electron chi connectivity index (χ3n) is 2.99. The van der Waals surface area contributed by atoms with Crippen LogP contribution < -0.4 is 9.64 Å². The maximum absolute atomic E-state index is 12.2. The Kier molecular flexibility index (Phi) is 3.02. The van der Waals surface area contributed by atoms with Crippen LogP contribution in [0.3, 0.4) is 0 Å². The SMILES string of the molecule is O=C(Oc1ccccc1)N1C=CCc2ccccc21. The van der Waals surface area contributed by atoms with Gasteiger partial charge in [-0.3, -0.25) is 4.90 Å². The molecule has 1 amide bonds. The lowest BCUT2D eigenvalue weighted by molar-refractivity contribution is 0.210. The van der Waals surface area contributed by atoms with Gasteiger partial charge in [-0.25, -0.2) is 4.79 Å². The number of benzene rings is 2. The molecular formula is C16H13NO2. The molecule has 2 aromatic carbocycles. The molecule has 0 saturated heterocycles. The second-order valence-electron chi connectivity index (χ2n) is 4.27. The van der Waals surface area contributed by atoms with Crippen LogP contribution in [-0.2, 0) is 6.42 Å². The smallest absolute Gasteiger partial charge is 0.410 e. The first kappa shape index (κ1) is 11.5. The molecule has 0 aliphatic carbocycles. The molecule has 0 radical (unpaired) electrons. The van der Waals surface area contributed by atoms with E-state index in [0.29, 0.717) is 5.75 Å². The van der Waals surface area contributed by atoms with Gasteiger partial charge in [0.2, 0.25) is 0 Å². The summed E-state index contributed by atoms with van der Waals surface area (Å²) in [6.07, 6.45) is 4.16. The first-order valence-corrected chi connectivity index (χ1v) is 6.15. The van der Waals surface area contributed by atoms with Crippen LogP contribution in [0.25, 0.3) is 0 Å². The van der Waals surface area contributed by atoms with Gasteiger partial charge in [0.15, 0.2) is 0 Å². The van der Waals surface area contributed by atoms with Crippen LogP contribution in [-0.4, -0.2) is 6.09 Å². The number of amides is 1. The Balaban J connectivity index is 1.84. The van der Waals surface area contributed by atoms with Crippen molar-refractivity contribution in [2.24, 2.45) is 0 Å². The predicted octanol–water partition coefficient (Wildman–Crippen LogP) is 3.76. The van der Waals surface area contributed by atoms with Gasteiger partial charge in [-0.1, -0.05) is 42.5 Å². The van der Waals surface area contributed by atoms with Crippen molar-refractivity contribution in [3.63, 3.8) is 0 Å². The van der Waals surface area contributed by atoms with Crippen LogP contribution in [0.1, 0.15) is 5.56 Å². The van der Waals surface area contributed by atoms with Gasteiger partial charge in [-0.15, -0.1) is 0 Å². The van der Waals surface area contributed by atoms with E-state index in [0.717, 1.165) is 17.7 Å². The number of para-hydroxylation sites is 2.